The molecule has 9 N–H and O–H groups in total. The number of nitrogens with zero attached hydrogens (tertiary/aromatic N) is 6. The van der Waals surface area contributed by atoms with Gasteiger partial charge in [0.25, 0.3) is 17.7 Å². The third kappa shape index (κ3) is 16.3. The largest absolute Gasteiger partial charge is 0.417 e. The normalized spacial score (nSPS) is 14.4. The van der Waals surface area contributed by atoms with Crippen LogP contribution in [0.3, 0.4) is 0 Å². The maximum Gasteiger partial charge on any atom is 0.417 e. The number of pyridine rings is 3. The number of halogens is 8. The number of nitrogens with two attached hydrogens (primary N) is 3. The van der Waals surface area contributed by atoms with Crippen LogP contribution in [0, 0.1) is 38.2 Å². The number of thiophene rings is 3. The number of alkyl halides is 3. The number of carbonyl (C=O) groups excluding carboxylic acids is 3. The highest BCUT2D eigenvalue weighted by Crippen LogP contribution is 2.43. The van der Waals surface area contributed by atoms with Crippen LogP contribution in [0.4, 0.5) is 60.5 Å². The van der Waals surface area contributed by atoms with Crippen molar-refractivity contribution in [2.24, 2.45) is 0 Å². The van der Waals surface area contributed by atoms with Gasteiger partial charge in [-0.3, -0.25) is 14.4 Å². The third-order valence-electron chi connectivity index (χ3n) is 16.6. The van der Waals surface area contributed by atoms with E-state index in [0.29, 0.717) is 80.1 Å². The quantitative estimate of drug-likeness (QED) is 0.0529. The molecule has 0 saturated carbocycles. The Morgan fingerprint density at radius 1 is 0.495 bits per heavy atom. The number of hydrogen-bond donors (Lipinski definition) is 6. The number of nitrogens with one attached hydrogen (secondary N) is 3. The van der Waals surface area contributed by atoms with E-state index in [2.05, 4.69) is 47.9 Å². The van der Waals surface area contributed by atoms with Crippen molar-refractivity contribution in [1.82, 2.24) is 30.9 Å². The zero-order valence-corrected chi connectivity index (χ0v) is 55.6. The fourth-order valence-electron chi connectivity index (χ4n) is 11.7. The van der Waals surface area contributed by atoms with Gasteiger partial charge in [0.2, 0.25) is 0 Å². The van der Waals surface area contributed by atoms with Crippen LogP contribution in [0.1, 0.15) is 126 Å². The number of anilines is 6. The molecule has 0 bridgehead atoms. The molecule has 3 amide bonds. The summed E-state index contributed by atoms with van der Waals surface area (Å²) >= 11 is 16.2. The lowest BCUT2D eigenvalue weighted by Gasteiger charge is -2.30. The van der Waals surface area contributed by atoms with Crippen LogP contribution in [0.2, 0.25) is 10.0 Å². The molecule has 3 aliphatic rings. The first-order valence-corrected chi connectivity index (χ1v) is 34.1. The van der Waals surface area contributed by atoms with Crippen molar-refractivity contribution in [3.05, 3.63) is 154 Å². The minimum atomic E-state index is -4.61. The molecule has 6 aromatic heterocycles. The summed E-state index contributed by atoms with van der Waals surface area (Å²) < 4.78 is 83.4. The highest BCUT2D eigenvalue weighted by molar-refractivity contribution is 7.22. The summed E-state index contributed by atoms with van der Waals surface area (Å²) in [5.41, 5.74) is 23.8. The SMILES string of the molecule is Cc1cc(C(F)(F)F)c2c(N)c(C(=O)NCCc3ccc(N4CCCCC4)c(F)c3)sc2n1.Cc1ccc2c(N)c(C(=O)NCCc3cc(F)c(N4CCCCC4)c(Cl)c3)sc2n1.Cc1nc2sc(C(=O)NCCc3ccc(N4CCCCC4)c(Cl)c3)c(N)c2cc1F. The molecule has 9 aromatic rings. The summed E-state index contributed by atoms with van der Waals surface area (Å²) in [6, 6.07) is 20.5. The third-order valence-corrected chi connectivity index (χ3v) is 20.5. The molecule has 0 radical (unpaired) electrons. The van der Waals surface area contributed by atoms with Gasteiger partial charge in [0.15, 0.2) is 0 Å². The number of amides is 3. The number of fused-ring (bicyclic) bond motifs is 3. The lowest BCUT2D eigenvalue weighted by Crippen LogP contribution is -2.30. The van der Waals surface area contributed by atoms with Crippen molar-refractivity contribution in [2.45, 2.75) is 104 Å². The summed E-state index contributed by atoms with van der Waals surface area (Å²) in [6.45, 7) is 11.4. The topological polar surface area (TPSA) is 214 Å². The minimum Gasteiger partial charge on any atom is -0.397 e. The first-order chi connectivity index (χ1) is 44.5. The van der Waals surface area contributed by atoms with Crippen LogP contribution in [-0.2, 0) is 25.4 Å². The predicted molar refractivity (Wildman–Crippen MR) is 367 cm³/mol. The molecule has 0 atom stereocenters. The van der Waals surface area contributed by atoms with Crippen molar-refractivity contribution < 1.29 is 40.7 Å². The number of rotatable bonds is 15. The van der Waals surface area contributed by atoms with Gasteiger partial charge in [0.1, 0.15) is 46.6 Å². The Hall–Kier alpha value is -7.64. The van der Waals surface area contributed by atoms with Crippen LogP contribution in [0.15, 0.2) is 72.8 Å². The average molecular weight is 1370 g/mol. The number of nitrogen functional groups attached to an aromatic ring is 3. The fourth-order valence-corrected chi connectivity index (χ4v) is 15.6. The molecule has 12 rings (SSSR count). The highest BCUT2D eigenvalue weighted by atomic mass is 35.5. The molecule has 492 valence electrons. The van der Waals surface area contributed by atoms with Crippen LogP contribution >= 0.6 is 57.2 Å². The number of aromatic nitrogens is 3. The lowest BCUT2D eigenvalue weighted by molar-refractivity contribution is -0.136. The molecule has 3 aliphatic heterocycles. The van der Waals surface area contributed by atoms with E-state index < -0.39 is 23.5 Å². The second kappa shape index (κ2) is 30.2. The Balaban J connectivity index is 0.000000153. The van der Waals surface area contributed by atoms with E-state index in [0.717, 1.165) is 132 Å². The van der Waals surface area contributed by atoms with Gasteiger partial charge in [-0.05, 0) is 175 Å². The van der Waals surface area contributed by atoms with Crippen LogP contribution < -0.4 is 47.9 Å². The van der Waals surface area contributed by atoms with Crippen molar-refractivity contribution in [3.63, 3.8) is 0 Å². The molecule has 3 saturated heterocycles. The molecule has 3 fully saturated rings. The van der Waals surface area contributed by atoms with Crippen LogP contribution in [0.5, 0.6) is 0 Å². The fraction of sp³-hybridized carbons (Fsp3) is 0.373. The summed E-state index contributed by atoms with van der Waals surface area (Å²) in [7, 11) is 0. The van der Waals surface area contributed by atoms with E-state index in [4.69, 9.17) is 40.4 Å². The second-order valence-electron chi connectivity index (χ2n) is 23.4. The molecule has 3 aromatic carbocycles. The minimum absolute atomic E-state index is 0.0137. The van der Waals surface area contributed by atoms with E-state index in [-0.39, 0.29) is 62.2 Å². The smallest absolute Gasteiger partial charge is 0.397 e. The zero-order chi connectivity index (χ0) is 66.3. The van der Waals surface area contributed by atoms with Gasteiger partial charge in [-0.1, -0.05) is 35.3 Å². The molecule has 93 heavy (non-hydrogen) atoms. The van der Waals surface area contributed by atoms with Crippen molar-refractivity contribution in [3.8, 4) is 0 Å². The summed E-state index contributed by atoms with van der Waals surface area (Å²) in [5, 5.41) is 10.6. The van der Waals surface area contributed by atoms with Crippen LogP contribution in [-0.4, -0.2) is 91.6 Å². The van der Waals surface area contributed by atoms with E-state index in [1.807, 2.05) is 41.0 Å². The summed E-state index contributed by atoms with van der Waals surface area (Å²) in [5.74, 6) is -2.12. The van der Waals surface area contributed by atoms with Gasteiger partial charge < -0.3 is 47.9 Å². The number of hydrogen-bond acceptors (Lipinski definition) is 15. The Bertz CT molecular complexity index is 4200. The Kier molecular flexibility index (Phi) is 22.1. The van der Waals surface area contributed by atoms with Gasteiger partial charge in [-0.15, -0.1) is 34.0 Å². The van der Waals surface area contributed by atoms with Gasteiger partial charge in [0, 0.05) is 86.4 Å². The Morgan fingerprint density at radius 2 is 0.957 bits per heavy atom. The standard InChI is InChI=1S/C23H24F4N4OS.2C22H24ClFN4OS/c1-13-11-15(23(25,26)27)18-19(28)20(33-22(18)30-13)21(32)29-8-7-14-5-6-17(16(24)12-14)31-9-3-2-4-10-31;1-13-17(24)12-15-19(25)20(30-22(15)27-13)21(29)26-8-7-14-5-6-18(16(23)11-14)28-9-3-2-4-10-28;1-13-5-6-15-18(25)20(30-22(15)27-13)21(29)26-8-7-14-11-16(23)19(17(24)12-14)28-9-3-2-4-10-28/h5-6,11-12H,2-4,7-10,28H2,1H3,(H,29,32);2*5-6,11-12H,2-4,7-10,25H2,1H3,(H,26,29). The molecular formula is C67H72Cl2F6N12O3S3. The maximum atomic E-state index is 14.7. The van der Waals surface area contributed by atoms with E-state index in [1.165, 1.54) is 73.5 Å². The molecule has 15 nitrogen and oxygen atoms in total. The van der Waals surface area contributed by atoms with Crippen LogP contribution in [0.25, 0.3) is 30.6 Å². The number of benzene rings is 3. The average Bonchev–Trinajstić information content (AvgIpc) is 1.64. The molecule has 0 aliphatic carbocycles. The maximum absolute atomic E-state index is 14.7. The summed E-state index contributed by atoms with van der Waals surface area (Å²) in [6.07, 6.45) is 7.12. The van der Waals surface area contributed by atoms with Gasteiger partial charge >= 0.3 is 6.18 Å². The van der Waals surface area contributed by atoms with Gasteiger partial charge in [-0.2, -0.15) is 13.2 Å². The van der Waals surface area contributed by atoms with E-state index in [1.54, 1.807) is 19.1 Å². The number of piperidine rings is 3. The van der Waals surface area contributed by atoms with Gasteiger partial charge in [0.05, 0.1) is 55.4 Å². The number of carbonyl (C=O) groups is 3. The molecule has 0 unspecified atom stereocenters. The molecule has 9 heterocycles. The van der Waals surface area contributed by atoms with E-state index >= 15 is 0 Å². The first kappa shape index (κ1) is 68.2. The zero-order valence-electron chi connectivity index (χ0n) is 51.7. The van der Waals surface area contributed by atoms with Gasteiger partial charge in [-0.25, -0.2) is 28.1 Å². The van der Waals surface area contributed by atoms with E-state index in [9.17, 15) is 40.7 Å². The Labute approximate surface area is 557 Å². The molecular weight excluding hydrogens is 1300 g/mol. The second-order valence-corrected chi connectivity index (χ2v) is 27.2. The highest BCUT2D eigenvalue weighted by Gasteiger charge is 2.36. The monoisotopic (exact) mass is 1370 g/mol. The van der Waals surface area contributed by atoms with Crippen molar-refractivity contribution in [1.29, 1.82) is 0 Å². The molecule has 0 spiro atoms. The summed E-state index contributed by atoms with van der Waals surface area (Å²) in [4.78, 5) is 59.1. The molecule has 26 heteroatoms. The lowest BCUT2D eigenvalue weighted by atomic mass is 10.1. The van der Waals surface area contributed by atoms with Crippen molar-refractivity contribution in [2.75, 3.05) is 90.8 Å². The number of aryl methyl sites for hydroxylation is 3. The predicted octanol–water partition coefficient (Wildman–Crippen LogP) is 15.2. The Morgan fingerprint density at radius 3 is 1.51 bits per heavy atom. The van der Waals surface area contributed by atoms with Crippen molar-refractivity contribution >= 4 is 140 Å². The first-order valence-electron chi connectivity index (χ1n) is 30.9.